The van der Waals surface area contributed by atoms with Gasteiger partial charge in [-0.05, 0) is 53.2 Å². The molecule has 5 rings (SSSR count). The fourth-order valence-corrected chi connectivity index (χ4v) is 5.51. The fraction of sp³-hybridized carbons (Fsp3) is 0.280. The summed E-state index contributed by atoms with van der Waals surface area (Å²) in [6, 6.07) is 8.65. The van der Waals surface area contributed by atoms with Crippen LogP contribution in [0.1, 0.15) is 16.7 Å². The molecule has 1 unspecified atom stereocenters. The van der Waals surface area contributed by atoms with Crippen molar-refractivity contribution in [3.8, 4) is 0 Å². The zero-order valence-electron chi connectivity index (χ0n) is 20.1. The Balaban J connectivity index is 1.33. The van der Waals surface area contributed by atoms with E-state index in [-0.39, 0.29) is 35.0 Å². The Morgan fingerprint density at radius 2 is 2.11 bits per heavy atom. The minimum atomic E-state index is -4.54. The number of fused-ring (bicyclic) bond motifs is 1. The van der Waals surface area contributed by atoms with Gasteiger partial charge in [0.25, 0.3) is 5.91 Å². The predicted octanol–water partition coefficient (Wildman–Crippen LogP) is 3.75. The number of nitrogens with zero attached hydrogens (tertiary/aromatic N) is 4. The molecule has 1 atom stereocenters. The zero-order valence-corrected chi connectivity index (χ0v) is 21.6. The molecule has 13 heteroatoms. The number of amides is 2. The summed E-state index contributed by atoms with van der Waals surface area (Å²) in [6.45, 7) is 1.53. The van der Waals surface area contributed by atoms with E-state index in [1.807, 2.05) is 11.0 Å². The molecular formula is C25H22ClF3N6O2S. The molecule has 1 aromatic heterocycles. The summed E-state index contributed by atoms with van der Waals surface area (Å²) in [7, 11) is 1.58. The Kier molecular flexibility index (Phi) is 7.21. The number of thioether (sulfide) groups is 1. The van der Waals surface area contributed by atoms with Gasteiger partial charge < -0.3 is 15.5 Å². The van der Waals surface area contributed by atoms with Gasteiger partial charge in [-0.1, -0.05) is 23.7 Å². The van der Waals surface area contributed by atoms with Crippen LogP contribution in [0.15, 0.2) is 52.5 Å². The fourth-order valence-electron chi connectivity index (χ4n) is 4.39. The van der Waals surface area contributed by atoms with Gasteiger partial charge in [-0.25, -0.2) is 0 Å². The van der Waals surface area contributed by atoms with Crippen LogP contribution in [0.5, 0.6) is 0 Å². The Bertz CT molecular complexity index is 1490. The van der Waals surface area contributed by atoms with E-state index in [2.05, 4.69) is 20.7 Å². The van der Waals surface area contributed by atoms with Crippen LogP contribution in [0.2, 0.25) is 5.02 Å². The molecule has 8 nitrogen and oxygen atoms in total. The smallest absolute Gasteiger partial charge is 0.358 e. The number of hydrogen-bond donors (Lipinski definition) is 2. The van der Waals surface area contributed by atoms with Gasteiger partial charge in [-0.2, -0.15) is 23.3 Å². The van der Waals surface area contributed by atoms with Crippen LogP contribution in [0.3, 0.4) is 0 Å². The van der Waals surface area contributed by atoms with Crippen molar-refractivity contribution in [2.75, 3.05) is 26.7 Å². The third-order valence-corrected chi connectivity index (χ3v) is 7.56. The van der Waals surface area contributed by atoms with Crippen molar-refractivity contribution >= 4 is 57.3 Å². The first kappa shape index (κ1) is 26.3. The van der Waals surface area contributed by atoms with E-state index in [4.69, 9.17) is 11.6 Å². The predicted molar refractivity (Wildman–Crippen MR) is 141 cm³/mol. The number of likely N-dealkylation sites (N-methyl/N-ethyl adjacent to an activating group) is 1. The van der Waals surface area contributed by atoms with E-state index < -0.39 is 11.7 Å². The molecular weight excluding hydrogens is 541 g/mol. The molecule has 0 saturated carbocycles. The SMILES string of the molecule is CNC(=O)C1CN(C2=NC(=O)/C(=C/c3ccc4c(cnn4Cc4ccc(Cl)cc4C(F)(F)F)c3)S2)CCN1. The maximum Gasteiger partial charge on any atom is 0.416 e. The highest BCUT2D eigenvalue weighted by Crippen LogP contribution is 2.35. The van der Waals surface area contributed by atoms with Gasteiger partial charge in [0.2, 0.25) is 5.91 Å². The van der Waals surface area contributed by atoms with Crippen molar-refractivity contribution in [1.82, 2.24) is 25.3 Å². The van der Waals surface area contributed by atoms with Crippen molar-refractivity contribution in [3.63, 3.8) is 0 Å². The molecule has 3 aromatic rings. The summed E-state index contributed by atoms with van der Waals surface area (Å²) in [5.74, 6) is -0.488. The van der Waals surface area contributed by atoms with E-state index in [0.29, 0.717) is 40.6 Å². The zero-order chi connectivity index (χ0) is 27.0. The quantitative estimate of drug-likeness (QED) is 0.471. The molecule has 2 amide bonds. The molecule has 1 fully saturated rings. The number of piperazine rings is 1. The monoisotopic (exact) mass is 562 g/mol. The van der Waals surface area contributed by atoms with Crippen molar-refractivity contribution in [3.05, 3.63) is 69.2 Å². The second kappa shape index (κ2) is 10.4. The minimum Gasteiger partial charge on any atom is -0.358 e. The minimum absolute atomic E-state index is 0.0128. The number of amidine groups is 1. The first-order chi connectivity index (χ1) is 18.1. The number of aliphatic imine (C=N–C) groups is 1. The number of benzene rings is 2. The summed E-state index contributed by atoms with van der Waals surface area (Å²) < 4.78 is 42.0. The lowest BCUT2D eigenvalue weighted by atomic mass is 10.1. The number of rotatable bonds is 4. The average molecular weight is 563 g/mol. The number of nitrogens with one attached hydrogen (secondary N) is 2. The summed E-state index contributed by atoms with van der Waals surface area (Å²) in [4.78, 5) is 31.1. The molecule has 2 aliphatic heterocycles. The van der Waals surface area contributed by atoms with E-state index in [0.717, 1.165) is 11.6 Å². The summed E-state index contributed by atoms with van der Waals surface area (Å²) >= 11 is 7.04. The lowest BCUT2D eigenvalue weighted by molar-refractivity contribution is -0.138. The van der Waals surface area contributed by atoms with E-state index in [9.17, 15) is 22.8 Å². The van der Waals surface area contributed by atoms with Crippen molar-refractivity contribution in [2.45, 2.75) is 18.8 Å². The third kappa shape index (κ3) is 5.42. The maximum absolute atomic E-state index is 13.5. The number of hydrogen-bond acceptors (Lipinski definition) is 6. The Hall–Kier alpha value is -3.35. The standard InChI is InChI=1S/C25H22ClF3N6O2S/c1-30-22(36)19-13-34(7-6-31-19)24-33-23(37)21(38-24)9-14-2-5-20-16(8-14)11-32-35(20)12-15-3-4-17(26)10-18(15)25(27,28)29/h2-5,8-11,19,31H,6-7,12-13H2,1H3,(H,30,36)/b21-9-. The Morgan fingerprint density at radius 3 is 2.87 bits per heavy atom. The van der Waals surface area contributed by atoms with Crippen LogP contribution in [0.4, 0.5) is 13.2 Å². The van der Waals surface area contributed by atoms with E-state index in [1.54, 1.807) is 31.5 Å². The molecule has 198 valence electrons. The molecule has 0 bridgehead atoms. The van der Waals surface area contributed by atoms with Crippen molar-refractivity contribution < 1.29 is 22.8 Å². The Morgan fingerprint density at radius 1 is 1.29 bits per heavy atom. The van der Waals surface area contributed by atoms with E-state index in [1.165, 1.54) is 28.6 Å². The number of halogens is 4. The van der Waals surface area contributed by atoms with Crippen LogP contribution < -0.4 is 10.6 Å². The largest absolute Gasteiger partial charge is 0.416 e. The van der Waals surface area contributed by atoms with Gasteiger partial charge in [0.15, 0.2) is 5.17 Å². The molecule has 0 radical (unpaired) electrons. The highest BCUT2D eigenvalue weighted by Gasteiger charge is 2.34. The number of carbonyl (C=O) groups excluding carboxylic acids is 2. The van der Waals surface area contributed by atoms with Crippen molar-refractivity contribution in [2.24, 2.45) is 4.99 Å². The number of aromatic nitrogens is 2. The lowest BCUT2D eigenvalue weighted by Crippen LogP contribution is -2.57. The van der Waals surface area contributed by atoms with Crippen LogP contribution in [-0.2, 0) is 22.3 Å². The molecule has 2 N–H and O–H groups in total. The maximum atomic E-state index is 13.5. The molecule has 3 heterocycles. The van der Waals surface area contributed by atoms with Crippen LogP contribution in [0.25, 0.3) is 17.0 Å². The average Bonchev–Trinajstić information content (AvgIpc) is 3.46. The van der Waals surface area contributed by atoms with Gasteiger partial charge in [-0.15, -0.1) is 0 Å². The second-order valence-corrected chi connectivity index (χ2v) is 10.2. The van der Waals surface area contributed by atoms with Gasteiger partial charge in [0.05, 0.1) is 28.7 Å². The highest BCUT2D eigenvalue weighted by molar-refractivity contribution is 8.18. The molecule has 38 heavy (non-hydrogen) atoms. The summed E-state index contributed by atoms with van der Waals surface area (Å²) in [6.07, 6.45) is -1.24. The van der Waals surface area contributed by atoms with E-state index >= 15 is 0 Å². The first-order valence-electron chi connectivity index (χ1n) is 11.7. The first-order valence-corrected chi connectivity index (χ1v) is 12.9. The topological polar surface area (TPSA) is 91.6 Å². The number of carbonyl (C=O) groups is 2. The van der Waals surface area contributed by atoms with Crippen LogP contribution in [0, 0.1) is 0 Å². The van der Waals surface area contributed by atoms with Crippen LogP contribution in [-0.4, -0.2) is 64.4 Å². The van der Waals surface area contributed by atoms with Crippen LogP contribution >= 0.6 is 23.4 Å². The highest BCUT2D eigenvalue weighted by atomic mass is 35.5. The molecule has 2 aliphatic rings. The molecule has 1 saturated heterocycles. The lowest BCUT2D eigenvalue weighted by Gasteiger charge is -2.33. The van der Waals surface area contributed by atoms with Gasteiger partial charge >= 0.3 is 6.18 Å². The normalized spacial score (nSPS) is 19.3. The Labute approximate surface area is 224 Å². The van der Waals surface area contributed by atoms with Crippen molar-refractivity contribution in [1.29, 1.82) is 0 Å². The second-order valence-electron chi connectivity index (χ2n) is 8.80. The van der Waals surface area contributed by atoms with Gasteiger partial charge in [0, 0.05) is 37.1 Å². The molecule has 2 aromatic carbocycles. The molecule has 0 aliphatic carbocycles. The van der Waals surface area contributed by atoms with Gasteiger partial charge in [-0.3, -0.25) is 14.3 Å². The molecule has 0 spiro atoms. The third-order valence-electron chi connectivity index (χ3n) is 6.28. The number of alkyl halides is 3. The summed E-state index contributed by atoms with van der Waals surface area (Å²) in [5.41, 5.74) is 0.644. The van der Waals surface area contributed by atoms with Gasteiger partial charge in [0.1, 0.15) is 6.04 Å². The summed E-state index contributed by atoms with van der Waals surface area (Å²) in [5, 5.41) is 11.3.